The summed E-state index contributed by atoms with van der Waals surface area (Å²) in [4.78, 5) is 21.5. The summed E-state index contributed by atoms with van der Waals surface area (Å²) in [6.45, 7) is 0. The maximum atomic E-state index is 14.6. The van der Waals surface area contributed by atoms with Crippen molar-refractivity contribution in [2.75, 3.05) is 14.2 Å². The first kappa shape index (κ1) is 30.7. The van der Waals surface area contributed by atoms with Gasteiger partial charge in [-0.3, -0.25) is 20.2 Å². The molecule has 10 nitrogen and oxygen atoms in total. The van der Waals surface area contributed by atoms with Crippen molar-refractivity contribution in [3.63, 3.8) is 0 Å². The van der Waals surface area contributed by atoms with Crippen LogP contribution in [0.1, 0.15) is 32.8 Å². The summed E-state index contributed by atoms with van der Waals surface area (Å²) >= 11 is 0. The average molecular weight is 601 g/mol. The fourth-order valence-corrected chi connectivity index (χ4v) is 6.43. The van der Waals surface area contributed by atoms with Gasteiger partial charge in [0.1, 0.15) is 22.0 Å². The van der Waals surface area contributed by atoms with Crippen LogP contribution in [0.3, 0.4) is 0 Å². The van der Waals surface area contributed by atoms with Gasteiger partial charge in [-0.25, -0.2) is 8.42 Å². The largest absolute Gasteiger partial charge is 0.497 e. The summed E-state index contributed by atoms with van der Waals surface area (Å²) in [5, 5.41) is 20.2. The van der Waals surface area contributed by atoms with Crippen molar-refractivity contribution in [2.24, 2.45) is 0 Å². The first-order valence-corrected chi connectivity index (χ1v) is 14.6. The lowest BCUT2D eigenvalue weighted by Crippen LogP contribution is -2.19. The number of hydrogen-bond donors (Lipinski definition) is 0. The van der Waals surface area contributed by atoms with Crippen LogP contribution in [0.25, 0.3) is 12.2 Å². The lowest BCUT2D eigenvalue weighted by Gasteiger charge is -2.22. The van der Waals surface area contributed by atoms with Gasteiger partial charge in [-0.15, -0.1) is 0 Å². The molecule has 4 aromatic carbocycles. The number of hydrogen-bond acceptors (Lipinski definition) is 8. The minimum Gasteiger partial charge on any atom is -0.497 e. The smallest absolute Gasteiger partial charge is 0.270 e. The van der Waals surface area contributed by atoms with Gasteiger partial charge in [0.25, 0.3) is 11.4 Å². The first-order chi connectivity index (χ1) is 20.6. The predicted octanol–water partition coefficient (Wildman–Crippen LogP) is 7.14. The van der Waals surface area contributed by atoms with Gasteiger partial charge in [0.2, 0.25) is 0 Å². The molecule has 0 bridgehead atoms. The molecule has 4 rings (SSSR count). The van der Waals surface area contributed by atoms with Crippen molar-refractivity contribution in [1.82, 2.24) is 0 Å². The Bertz CT molecular complexity index is 1640. The number of benzene rings is 4. The van der Waals surface area contributed by atoms with Gasteiger partial charge in [-0.1, -0.05) is 72.8 Å². The van der Waals surface area contributed by atoms with E-state index in [0.29, 0.717) is 33.8 Å². The third-order valence-electron chi connectivity index (χ3n) is 6.69. The number of nitro groups is 2. The summed E-state index contributed by atoms with van der Waals surface area (Å²) < 4.78 is 39.6. The standard InChI is InChI=1S/C32H28N2O8S/c1-41-29-15-11-25(12-16-29)31(19-9-23-5-3-7-27(21-23)33(35)36)43(39,40)32(26-13-17-30(42-2)18-14-26)20-10-24-6-4-8-28(22-24)34(37)38/h3-22,31-32H,1-2H3. The molecule has 220 valence electrons. The van der Waals surface area contributed by atoms with Crippen molar-refractivity contribution >= 4 is 33.4 Å². The van der Waals surface area contributed by atoms with Crippen LogP contribution >= 0.6 is 0 Å². The van der Waals surface area contributed by atoms with Crippen molar-refractivity contribution in [1.29, 1.82) is 0 Å². The normalized spacial score (nSPS) is 13.1. The van der Waals surface area contributed by atoms with Gasteiger partial charge in [0.05, 0.1) is 24.1 Å². The number of sulfone groups is 1. The number of ether oxygens (including phenoxy) is 2. The van der Waals surface area contributed by atoms with Gasteiger partial charge in [0, 0.05) is 24.3 Å². The van der Waals surface area contributed by atoms with Crippen molar-refractivity contribution in [2.45, 2.75) is 10.5 Å². The van der Waals surface area contributed by atoms with E-state index in [-0.39, 0.29) is 11.4 Å². The molecule has 0 fully saturated rings. The summed E-state index contributed by atoms with van der Waals surface area (Å²) in [5.41, 5.74) is 1.56. The van der Waals surface area contributed by atoms with Crippen LogP contribution in [0.15, 0.2) is 109 Å². The highest BCUT2D eigenvalue weighted by molar-refractivity contribution is 7.92. The second kappa shape index (κ2) is 13.6. The van der Waals surface area contributed by atoms with E-state index in [1.807, 2.05) is 0 Å². The summed E-state index contributed by atoms with van der Waals surface area (Å²) in [6, 6.07) is 25.0. The Labute approximate surface area is 248 Å². The molecule has 0 amide bonds. The van der Waals surface area contributed by atoms with Crippen molar-refractivity contribution in [3.05, 3.63) is 152 Å². The van der Waals surface area contributed by atoms with Gasteiger partial charge >= 0.3 is 0 Å². The molecule has 43 heavy (non-hydrogen) atoms. The van der Waals surface area contributed by atoms with Crippen molar-refractivity contribution < 1.29 is 27.7 Å². The van der Waals surface area contributed by atoms with E-state index in [9.17, 15) is 28.6 Å². The number of rotatable bonds is 12. The Morgan fingerprint density at radius 2 is 1.00 bits per heavy atom. The molecule has 0 aliphatic heterocycles. The molecule has 0 aromatic heterocycles. The highest BCUT2D eigenvalue weighted by Gasteiger charge is 2.33. The van der Waals surface area contributed by atoms with Crippen LogP contribution in [0, 0.1) is 20.2 Å². The minimum absolute atomic E-state index is 0.123. The monoisotopic (exact) mass is 600 g/mol. The van der Waals surface area contributed by atoms with Crippen LogP contribution in [0.4, 0.5) is 11.4 Å². The number of nitrogens with zero attached hydrogens (tertiary/aromatic N) is 2. The molecular formula is C32H28N2O8S. The van der Waals surface area contributed by atoms with E-state index >= 15 is 0 Å². The Kier molecular flexibility index (Phi) is 9.68. The van der Waals surface area contributed by atoms with Gasteiger partial charge in [-0.2, -0.15) is 0 Å². The molecule has 2 unspecified atom stereocenters. The number of nitro benzene ring substituents is 2. The first-order valence-electron chi connectivity index (χ1n) is 13.0. The van der Waals surface area contributed by atoms with E-state index in [0.717, 1.165) is 0 Å². The van der Waals surface area contributed by atoms with Crippen LogP contribution in [0.2, 0.25) is 0 Å². The zero-order valence-corrected chi connectivity index (χ0v) is 24.1. The molecule has 0 saturated heterocycles. The maximum absolute atomic E-state index is 14.6. The highest BCUT2D eigenvalue weighted by atomic mass is 32.2. The lowest BCUT2D eigenvalue weighted by molar-refractivity contribution is -0.385. The quantitative estimate of drug-likeness (QED) is 0.123. The molecule has 11 heteroatoms. The molecule has 0 aliphatic rings. The zero-order chi connectivity index (χ0) is 31.0. The zero-order valence-electron chi connectivity index (χ0n) is 23.3. The fourth-order valence-electron chi connectivity index (χ4n) is 4.45. The van der Waals surface area contributed by atoms with E-state index < -0.39 is 30.2 Å². The van der Waals surface area contributed by atoms with Gasteiger partial charge in [0.15, 0.2) is 9.84 Å². The molecule has 0 spiro atoms. The Hall–Kier alpha value is -5.29. The van der Waals surface area contributed by atoms with Crippen LogP contribution < -0.4 is 9.47 Å². The van der Waals surface area contributed by atoms with E-state index in [1.54, 1.807) is 60.7 Å². The Morgan fingerprint density at radius 3 is 1.33 bits per heavy atom. The maximum Gasteiger partial charge on any atom is 0.270 e. The molecule has 2 atom stereocenters. The van der Waals surface area contributed by atoms with Crippen LogP contribution in [-0.2, 0) is 9.84 Å². The molecule has 0 heterocycles. The SMILES string of the molecule is COc1ccc(C(C=Cc2cccc([N+](=O)[O-])c2)S(=O)(=O)C(C=Cc2cccc([N+](=O)[O-])c2)c2ccc(OC)cc2)cc1. The van der Waals surface area contributed by atoms with E-state index in [2.05, 4.69) is 0 Å². The van der Waals surface area contributed by atoms with Gasteiger partial charge < -0.3 is 9.47 Å². The number of methoxy groups -OCH3 is 2. The van der Waals surface area contributed by atoms with Gasteiger partial charge in [-0.05, 0) is 46.5 Å². The third kappa shape index (κ3) is 7.52. The predicted molar refractivity (Wildman–Crippen MR) is 165 cm³/mol. The topological polar surface area (TPSA) is 139 Å². The Morgan fingerprint density at radius 1 is 0.628 bits per heavy atom. The molecule has 0 N–H and O–H groups in total. The van der Waals surface area contributed by atoms with Crippen LogP contribution in [0.5, 0.6) is 11.5 Å². The average Bonchev–Trinajstić information content (AvgIpc) is 3.02. The number of non-ortho nitro benzene ring substituents is 2. The van der Waals surface area contributed by atoms with E-state index in [1.165, 1.54) is 74.9 Å². The second-order valence-corrected chi connectivity index (χ2v) is 11.6. The molecule has 0 saturated carbocycles. The minimum atomic E-state index is -4.12. The van der Waals surface area contributed by atoms with E-state index in [4.69, 9.17) is 9.47 Å². The second-order valence-electron chi connectivity index (χ2n) is 9.40. The summed E-state index contributed by atoms with van der Waals surface area (Å²) in [6.07, 6.45) is 6.06. The summed E-state index contributed by atoms with van der Waals surface area (Å²) in [7, 11) is -1.12. The molecular weight excluding hydrogens is 572 g/mol. The van der Waals surface area contributed by atoms with Crippen LogP contribution in [-0.4, -0.2) is 32.5 Å². The Balaban J connectivity index is 1.85. The molecule has 0 radical (unpaired) electrons. The fraction of sp³-hybridized carbons (Fsp3) is 0.125. The summed E-state index contributed by atoms with van der Waals surface area (Å²) in [5.74, 6) is 1.08. The highest BCUT2D eigenvalue weighted by Crippen LogP contribution is 2.38. The lowest BCUT2D eigenvalue weighted by atomic mass is 10.1. The van der Waals surface area contributed by atoms with Crippen molar-refractivity contribution in [3.8, 4) is 11.5 Å². The molecule has 4 aromatic rings. The molecule has 0 aliphatic carbocycles. The third-order valence-corrected chi connectivity index (χ3v) is 8.96.